The van der Waals surface area contributed by atoms with Gasteiger partial charge in [0.15, 0.2) is 34.5 Å². The van der Waals surface area contributed by atoms with E-state index in [4.69, 9.17) is 33.2 Å². The van der Waals surface area contributed by atoms with Crippen LogP contribution >= 0.6 is 0 Å². The lowest BCUT2D eigenvalue weighted by atomic mass is 10.1. The maximum absolute atomic E-state index is 13.4. The topological polar surface area (TPSA) is 131 Å². The summed E-state index contributed by atoms with van der Waals surface area (Å²) in [6, 6.07) is 9.03. The summed E-state index contributed by atoms with van der Waals surface area (Å²) in [5, 5.41) is 10.6. The number of hydrogen-bond acceptors (Lipinski definition) is 10. The van der Waals surface area contributed by atoms with Crippen molar-refractivity contribution < 1.29 is 46.7 Å². The van der Waals surface area contributed by atoms with Crippen LogP contribution in [0.15, 0.2) is 41.3 Å². The quantitative estimate of drug-likeness (QED) is 0.306. The lowest BCUT2D eigenvalue weighted by Gasteiger charge is -2.17. The third-order valence-electron chi connectivity index (χ3n) is 5.64. The lowest BCUT2D eigenvalue weighted by molar-refractivity contribution is 0.323. The molecule has 0 saturated heterocycles. The van der Waals surface area contributed by atoms with Gasteiger partial charge in [0.05, 0.1) is 60.4 Å². The maximum atomic E-state index is 13.4. The molecule has 210 valence electrons. The standard InChI is InChI=1S/C27H31NO10S/c1-32-21-12-17(13-22(33-2)26(21)37-6)9-8-16-10-19(25(36-5)20(29)11-16)28-39(30,31)18-14-23(34-3)27(38-7)24(15-18)35-4/h8-15,28-29H,1-7H3. The molecule has 0 aliphatic heterocycles. The first-order valence-corrected chi connectivity index (χ1v) is 12.9. The van der Waals surface area contributed by atoms with Crippen LogP contribution < -0.4 is 37.9 Å². The molecule has 0 atom stereocenters. The minimum atomic E-state index is -4.19. The Morgan fingerprint density at radius 1 is 0.590 bits per heavy atom. The van der Waals surface area contributed by atoms with Gasteiger partial charge in [-0.2, -0.15) is 0 Å². The van der Waals surface area contributed by atoms with E-state index in [2.05, 4.69) is 4.72 Å². The summed E-state index contributed by atoms with van der Waals surface area (Å²) >= 11 is 0. The largest absolute Gasteiger partial charge is 0.504 e. The van der Waals surface area contributed by atoms with Crippen LogP contribution in [0.2, 0.25) is 0 Å². The molecule has 0 aliphatic rings. The molecule has 0 aliphatic carbocycles. The number of aromatic hydroxyl groups is 1. The molecule has 0 unspecified atom stereocenters. The average Bonchev–Trinajstić information content (AvgIpc) is 2.94. The number of benzene rings is 3. The molecular weight excluding hydrogens is 530 g/mol. The molecule has 3 aromatic rings. The van der Waals surface area contributed by atoms with E-state index in [9.17, 15) is 13.5 Å². The van der Waals surface area contributed by atoms with Gasteiger partial charge in [-0.25, -0.2) is 8.42 Å². The molecule has 3 rings (SSSR count). The van der Waals surface area contributed by atoms with Gasteiger partial charge in [-0.15, -0.1) is 0 Å². The zero-order chi connectivity index (χ0) is 28.7. The van der Waals surface area contributed by atoms with Crippen molar-refractivity contribution in [2.24, 2.45) is 0 Å². The number of nitrogens with one attached hydrogen (secondary N) is 1. The minimum Gasteiger partial charge on any atom is -0.504 e. The summed E-state index contributed by atoms with van der Waals surface area (Å²) in [5.41, 5.74) is 1.19. The maximum Gasteiger partial charge on any atom is 0.262 e. The molecule has 0 radical (unpaired) electrons. The highest BCUT2D eigenvalue weighted by molar-refractivity contribution is 7.92. The van der Waals surface area contributed by atoms with Crippen molar-refractivity contribution in [1.29, 1.82) is 0 Å². The SMILES string of the molecule is COc1cc(C=Cc2cc(O)c(OC)c(NS(=O)(=O)c3cc(OC)c(OC)c(OC)c3)c2)cc(OC)c1OC. The van der Waals surface area contributed by atoms with Gasteiger partial charge >= 0.3 is 0 Å². The van der Waals surface area contributed by atoms with Gasteiger partial charge in [0.2, 0.25) is 11.5 Å². The Kier molecular flexibility index (Phi) is 9.25. The predicted octanol–water partition coefficient (Wildman–Crippen LogP) is 4.42. The van der Waals surface area contributed by atoms with E-state index in [1.165, 1.54) is 74.0 Å². The number of sulfonamides is 1. The van der Waals surface area contributed by atoms with Crippen LogP contribution in [-0.4, -0.2) is 63.3 Å². The van der Waals surface area contributed by atoms with E-state index in [-0.39, 0.29) is 39.3 Å². The second-order valence-corrected chi connectivity index (χ2v) is 9.56. The van der Waals surface area contributed by atoms with Crippen LogP contribution in [0.25, 0.3) is 12.2 Å². The molecule has 39 heavy (non-hydrogen) atoms. The van der Waals surface area contributed by atoms with Gasteiger partial charge in [0, 0.05) is 12.1 Å². The van der Waals surface area contributed by atoms with E-state index in [0.29, 0.717) is 28.4 Å². The summed E-state index contributed by atoms with van der Waals surface area (Å²) < 4.78 is 66.4. The molecule has 0 amide bonds. The number of rotatable bonds is 12. The third-order valence-corrected chi connectivity index (χ3v) is 6.99. The molecule has 2 N–H and O–H groups in total. The highest BCUT2D eigenvalue weighted by Crippen LogP contribution is 2.42. The number of methoxy groups -OCH3 is 7. The van der Waals surface area contributed by atoms with E-state index in [1.54, 1.807) is 24.3 Å². The van der Waals surface area contributed by atoms with Crippen LogP contribution in [0.1, 0.15) is 11.1 Å². The Hall–Kier alpha value is -4.45. The first-order chi connectivity index (χ1) is 18.7. The van der Waals surface area contributed by atoms with Crippen molar-refractivity contribution in [2.75, 3.05) is 54.5 Å². The van der Waals surface area contributed by atoms with Gasteiger partial charge in [0.25, 0.3) is 10.0 Å². The van der Waals surface area contributed by atoms with E-state index >= 15 is 0 Å². The minimum absolute atomic E-state index is 0.00999. The highest BCUT2D eigenvalue weighted by atomic mass is 32.2. The van der Waals surface area contributed by atoms with Crippen molar-refractivity contribution >= 4 is 27.9 Å². The fourth-order valence-electron chi connectivity index (χ4n) is 3.83. The first kappa shape index (κ1) is 29.1. The molecule has 0 aromatic heterocycles. The molecule has 3 aromatic carbocycles. The number of ether oxygens (including phenoxy) is 7. The Balaban J connectivity index is 2.04. The monoisotopic (exact) mass is 561 g/mol. The Morgan fingerprint density at radius 2 is 1.00 bits per heavy atom. The number of hydrogen-bond donors (Lipinski definition) is 2. The molecule has 0 spiro atoms. The average molecular weight is 562 g/mol. The Morgan fingerprint density at radius 3 is 1.41 bits per heavy atom. The van der Waals surface area contributed by atoms with Crippen molar-refractivity contribution in [3.63, 3.8) is 0 Å². The molecular formula is C27H31NO10S. The van der Waals surface area contributed by atoms with E-state index in [0.717, 1.165) is 0 Å². The molecule has 11 nitrogen and oxygen atoms in total. The summed E-state index contributed by atoms with van der Waals surface area (Å²) in [4.78, 5) is -0.156. The van der Waals surface area contributed by atoms with Gasteiger partial charge in [-0.1, -0.05) is 12.2 Å². The van der Waals surface area contributed by atoms with Crippen molar-refractivity contribution in [2.45, 2.75) is 4.90 Å². The smallest absolute Gasteiger partial charge is 0.262 e. The van der Waals surface area contributed by atoms with Crippen LogP contribution in [0, 0.1) is 0 Å². The second kappa shape index (κ2) is 12.4. The number of phenolic OH excluding ortho intramolecular Hbond substituents is 1. The summed E-state index contributed by atoms with van der Waals surface area (Å²) in [5.74, 6) is 1.61. The zero-order valence-corrected chi connectivity index (χ0v) is 23.5. The lowest BCUT2D eigenvalue weighted by Crippen LogP contribution is -2.14. The highest BCUT2D eigenvalue weighted by Gasteiger charge is 2.24. The Bertz CT molecular complexity index is 1420. The predicted molar refractivity (Wildman–Crippen MR) is 147 cm³/mol. The number of anilines is 1. The molecule has 0 bridgehead atoms. The van der Waals surface area contributed by atoms with E-state index in [1.807, 2.05) is 0 Å². The van der Waals surface area contributed by atoms with Crippen LogP contribution in [-0.2, 0) is 10.0 Å². The summed E-state index contributed by atoms with van der Waals surface area (Å²) in [6.07, 6.45) is 3.42. The van der Waals surface area contributed by atoms with E-state index < -0.39 is 10.0 Å². The molecule has 0 saturated carbocycles. The second-order valence-electron chi connectivity index (χ2n) is 7.88. The molecule has 12 heteroatoms. The van der Waals surface area contributed by atoms with Crippen molar-refractivity contribution in [1.82, 2.24) is 0 Å². The zero-order valence-electron chi connectivity index (χ0n) is 22.6. The van der Waals surface area contributed by atoms with Gasteiger partial charge in [0.1, 0.15) is 0 Å². The van der Waals surface area contributed by atoms with Crippen molar-refractivity contribution in [3.05, 3.63) is 47.5 Å². The van der Waals surface area contributed by atoms with Crippen LogP contribution in [0.5, 0.6) is 46.0 Å². The number of phenols is 1. The van der Waals surface area contributed by atoms with Gasteiger partial charge < -0.3 is 38.3 Å². The fourth-order valence-corrected chi connectivity index (χ4v) is 4.91. The third kappa shape index (κ3) is 6.17. The van der Waals surface area contributed by atoms with Crippen LogP contribution in [0.4, 0.5) is 5.69 Å². The molecule has 0 heterocycles. The molecule has 0 fully saturated rings. The summed E-state index contributed by atoms with van der Waals surface area (Å²) in [7, 11) is 5.84. The van der Waals surface area contributed by atoms with Gasteiger partial charge in [-0.05, 0) is 35.4 Å². The normalized spacial score (nSPS) is 11.2. The Labute approximate surface area is 227 Å². The van der Waals surface area contributed by atoms with Gasteiger partial charge in [-0.3, -0.25) is 4.72 Å². The van der Waals surface area contributed by atoms with Crippen LogP contribution in [0.3, 0.4) is 0 Å². The first-order valence-electron chi connectivity index (χ1n) is 11.4. The summed E-state index contributed by atoms with van der Waals surface area (Å²) in [6.45, 7) is 0. The fraction of sp³-hybridized carbons (Fsp3) is 0.259. The van der Waals surface area contributed by atoms with Crippen molar-refractivity contribution in [3.8, 4) is 46.0 Å².